The van der Waals surface area contributed by atoms with Gasteiger partial charge >= 0.3 is 0 Å². The van der Waals surface area contributed by atoms with E-state index in [1.165, 1.54) is 11.1 Å². The molecule has 3 heteroatoms. The summed E-state index contributed by atoms with van der Waals surface area (Å²) in [5.41, 5.74) is 6.27. The fourth-order valence-electron chi connectivity index (χ4n) is 3.44. The monoisotopic (exact) mass is 336 g/mol. The number of aromatic nitrogens is 2. The molecule has 124 valence electrons. The summed E-state index contributed by atoms with van der Waals surface area (Å²) in [4.78, 5) is 9.17. The zero-order chi connectivity index (χ0) is 17.3. The Hall–Kier alpha value is -3.46. The van der Waals surface area contributed by atoms with E-state index in [1.807, 2.05) is 24.4 Å². The summed E-state index contributed by atoms with van der Waals surface area (Å²) in [7, 11) is 0. The van der Waals surface area contributed by atoms with Gasteiger partial charge in [0.05, 0.1) is 12.0 Å². The average Bonchev–Trinajstić information content (AvgIpc) is 3.17. The molecule has 0 spiro atoms. The summed E-state index contributed by atoms with van der Waals surface area (Å²) in [5, 5.41) is 2.10. The first-order chi connectivity index (χ1) is 12.9. The van der Waals surface area contributed by atoms with Gasteiger partial charge in [0, 0.05) is 28.7 Å². The third kappa shape index (κ3) is 2.54. The number of benzene rings is 2. The Morgan fingerprint density at radius 2 is 1.69 bits per heavy atom. The van der Waals surface area contributed by atoms with Gasteiger partial charge in [0.2, 0.25) is 0 Å². The number of nitrogens with zero attached hydrogens (tertiary/aromatic N) is 2. The third-order valence-corrected chi connectivity index (χ3v) is 4.66. The molecule has 0 bridgehead atoms. The van der Waals surface area contributed by atoms with E-state index in [1.54, 1.807) is 12.5 Å². The Labute approximate surface area is 151 Å². The molecule has 3 heterocycles. The Kier molecular flexibility index (Phi) is 3.49. The molecule has 0 fully saturated rings. The van der Waals surface area contributed by atoms with Crippen LogP contribution in [0.3, 0.4) is 0 Å². The molecule has 0 amide bonds. The Morgan fingerprint density at radius 1 is 0.769 bits per heavy atom. The fourth-order valence-corrected chi connectivity index (χ4v) is 3.44. The van der Waals surface area contributed by atoms with Gasteiger partial charge in [-0.1, -0.05) is 36.4 Å². The Morgan fingerprint density at radius 3 is 2.62 bits per heavy atom. The van der Waals surface area contributed by atoms with Crippen molar-refractivity contribution in [2.45, 2.75) is 6.42 Å². The lowest BCUT2D eigenvalue weighted by Crippen LogP contribution is -1.92. The van der Waals surface area contributed by atoms with Crippen LogP contribution in [0.2, 0.25) is 0 Å². The van der Waals surface area contributed by atoms with E-state index in [0.29, 0.717) is 0 Å². The molecule has 0 aliphatic carbocycles. The van der Waals surface area contributed by atoms with Gasteiger partial charge in [-0.15, -0.1) is 0 Å². The second-order valence-corrected chi connectivity index (χ2v) is 6.37. The van der Waals surface area contributed by atoms with Crippen LogP contribution in [-0.4, -0.2) is 9.97 Å². The maximum absolute atomic E-state index is 5.64. The smallest absolute Gasteiger partial charge is 0.160 e. The maximum Gasteiger partial charge on any atom is 0.160 e. The molecule has 5 rings (SSSR count). The highest BCUT2D eigenvalue weighted by Gasteiger charge is 2.12. The normalized spacial score (nSPS) is 11.2. The zero-order valence-corrected chi connectivity index (χ0v) is 14.1. The first kappa shape index (κ1) is 14.8. The van der Waals surface area contributed by atoms with Gasteiger partial charge in [-0.2, -0.15) is 0 Å². The summed E-state index contributed by atoms with van der Waals surface area (Å²) in [5.74, 6) is 0. The molecule has 0 saturated heterocycles. The second-order valence-electron chi connectivity index (χ2n) is 6.37. The predicted octanol–water partition coefficient (Wildman–Crippen LogP) is 5.63. The molecule has 2 aromatic carbocycles. The molecule has 0 atom stereocenters. The van der Waals surface area contributed by atoms with Crippen LogP contribution in [0.25, 0.3) is 33.1 Å². The minimum absolute atomic E-state index is 0.824. The van der Waals surface area contributed by atoms with E-state index in [0.717, 1.165) is 39.6 Å². The van der Waals surface area contributed by atoms with Crippen molar-refractivity contribution in [1.82, 2.24) is 9.97 Å². The second kappa shape index (κ2) is 6.12. The van der Waals surface area contributed by atoms with E-state index < -0.39 is 0 Å². The number of pyridine rings is 2. The molecule has 0 unspecified atom stereocenters. The van der Waals surface area contributed by atoms with Crippen molar-refractivity contribution in [3.8, 4) is 11.3 Å². The molecule has 3 aromatic heterocycles. The molecule has 0 aliphatic rings. The van der Waals surface area contributed by atoms with Gasteiger partial charge in [-0.3, -0.25) is 9.97 Å². The highest BCUT2D eigenvalue weighted by atomic mass is 16.3. The van der Waals surface area contributed by atoms with Crippen molar-refractivity contribution >= 4 is 21.9 Å². The molecule has 3 nitrogen and oxygen atoms in total. The van der Waals surface area contributed by atoms with Crippen molar-refractivity contribution in [1.29, 1.82) is 0 Å². The van der Waals surface area contributed by atoms with E-state index in [-0.39, 0.29) is 0 Å². The number of rotatable bonds is 3. The van der Waals surface area contributed by atoms with E-state index in [9.17, 15) is 0 Å². The summed E-state index contributed by atoms with van der Waals surface area (Å²) in [6, 6.07) is 22.9. The van der Waals surface area contributed by atoms with Crippen LogP contribution in [-0.2, 0) is 6.42 Å². The van der Waals surface area contributed by atoms with Gasteiger partial charge in [-0.25, -0.2) is 0 Å². The zero-order valence-electron chi connectivity index (χ0n) is 14.1. The minimum Gasteiger partial charge on any atom is -0.462 e. The molecule has 0 saturated carbocycles. The lowest BCUT2D eigenvalue weighted by Gasteiger charge is -2.09. The van der Waals surface area contributed by atoms with Crippen molar-refractivity contribution in [3.05, 3.63) is 96.5 Å². The lowest BCUT2D eigenvalue weighted by molar-refractivity contribution is 0.618. The first-order valence-electron chi connectivity index (χ1n) is 8.63. The number of fused-ring (bicyclic) bond motifs is 3. The molecule has 0 N–H and O–H groups in total. The van der Waals surface area contributed by atoms with Crippen LogP contribution in [0.4, 0.5) is 0 Å². The van der Waals surface area contributed by atoms with E-state index in [2.05, 4.69) is 58.5 Å². The predicted molar refractivity (Wildman–Crippen MR) is 104 cm³/mol. The lowest BCUT2D eigenvalue weighted by atomic mass is 9.99. The highest BCUT2D eigenvalue weighted by Crippen LogP contribution is 2.33. The molecule has 26 heavy (non-hydrogen) atoms. The van der Waals surface area contributed by atoms with Gasteiger partial charge in [0.25, 0.3) is 0 Å². The largest absolute Gasteiger partial charge is 0.462 e. The standard InChI is InChI=1S/C23H16N2O/c1-2-5-16(6-3-1)13-17-8-11-24-21(14-17)20-15-18-9-12-26-23(18)22-19(20)7-4-10-25-22/h1-12,14-15H,13H2. The molecular weight excluding hydrogens is 320 g/mol. The van der Waals surface area contributed by atoms with Gasteiger partial charge < -0.3 is 4.42 Å². The van der Waals surface area contributed by atoms with Crippen LogP contribution in [0.15, 0.2) is 89.8 Å². The minimum atomic E-state index is 0.824. The number of hydrogen-bond donors (Lipinski definition) is 0. The van der Waals surface area contributed by atoms with Crippen LogP contribution in [0, 0.1) is 0 Å². The number of hydrogen-bond acceptors (Lipinski definition) is 3. The van der Waals surface area contributed by atoms with Crippen molar-refractivity contribution in [3.63, 3.8) is 0 Å². The van der Waals surface area contributed by atoms with Crippen LogP contribution >= 0.6 is 0 Å². The maximum atomic E-state index is 5.64. The third-order valence-electron chi connectivity index (χ3n) is 4.66. The van der Waals surface area contributed by atoms with Gasteiger partial charge in [-0.05, 0) is 47.9 Å². The van der Waals surface area contributed by atoms with Crippen molar-refractivity contribution in [2.75, 3.05) is 0 Å². The first-order valence-corrected chi connectivity index (χ1v) is 8.63. The van der Waals surface area contributed by atoms with Gasteiger partial charge in [0.15, 0.2) is 5.58 Å². The quantitative estimate of drug-likeness (QED) is 0.428. The fraction of sp³-hybridized carbons (Fsp3) is 0.0435. The molecular formula is C23H16N2O. The summed E-state index contributed by atoms with van der Waals surface area (Å²) in [6.45, 7) is 0. The summed E-state index contributed by atoms with van der Waals surface area (Å²) >= 11 is 0. The van der Waals surface area contributed by atoms with Crippen molar-refractivity contribution in [2.24, 2.45) is 0 Å². The van der Waals surface area contributed by atoms with Gasteiger partial charge in [0.1, 0.15) is 5.52 Å². The van der Waals surface area contributed by atoms with Crippen molar-refractivity contribution < 1.29 is 4.42 Å². The topological polar surface area (TPSA) is 38.9 Å². The molecule has 0 aliphatic heterocycles. The molecule has 5 aromatic rings. The number of furan rings is 1. The average molecular weight is 336 g/mol. The van der Waals surface area contributed by atoms with Crippen LogP contribution in [0.5, 0.6) is 0 Å². The van der Waals surface area contributed by atoms with E-state index in [4.69, 9.17) is 4.42 Å². The summed E-state index contributed by atoms with van der Waals surface area (Å²) < 4.78 is 5.64. The van der Waals surface area contributed by atoms with Crippen LogP contribution < -0.4 is 0 Å². The Bertz CT molecular complexity index is 1210. The SMILES string of the molecule is c1ccc(Cc2ccnc(-c3cc4ccoc4c4ncccc34)c2)cc1. The molecule has 0 radical (unpaired) electrons. The van der Waals surface area contributed by atoms with Crippen LogP contribution in [0.1, 0.15) is 11.1 Å². The summed E-state index contributed by atoms with van der Waals surface area (Å²) in [6.07, 6.45) is 6.28. The highest BCUT2D eigenvalue weighted by molar-refractivity contribution is 6.09. The Balaban J connectivity index is 1.66. The van der Waals surface area contributed by atoms with E-state index >= 15 is 0 Å².